The molecule has 0 radical (unpaired) electrons. The van der Waals surface area contributed by atoms with Crippen molar-refractivity contribution in [3.63, 3.8) is 0 Å². The average molecular weight is 485 g/mol. The van der Waals surface area contributed by atoms with Gasteiger partial charge in [0.2, 0.25) is 11.4 Å². The van der Waals surface area contributed by atoms with Crippen LogP contribution in [0.1, 0.15) is 60.3 Å². The molecule has 3 fully saturated rings. The van der Waals surface area contributed by atoms with E-state index in [2.05, 4.69) is 0 Å². The Morgan fingerprint density at radius 3 is 2.48 bits per heavy atom. The first kappa shape index (κ1) is 24.4. The molecule has 0 aromatic heterocycles. The van der Waals surface area contributed by atoms with Gasteiger partial charge in [0.15, 0.2) is 5.83 Å². The Labute approximate surface area is 197 Å². The quantitative estimate of drug-likeness (QED) is 0.416. The second kappa shape index (κ2) is 7.62. The number of ketones is 1. The molecule has 0 bridgehead atoms. The van der Waals surface area contributed by atoms with E-state index in [1.807, 2.05) is 13.8 Å². The van der Waals surface area contributed by atoms with E-state index in [0.29, 0.717) is 19.3 Å². The predicted molar refractivity (Wildman–Crippen MR) is 118 cm³/mol. The van der Waals surface area contributed by atoms with Gasteiger partial charge in [0, 0.05) is 29.2 Å². The predicted octanol–water partition coefficient (Wildman–Crippen LogP) is 5.01. The first-order chi connectivity index (χ1) is 15.3. The first-order valence-corrected chi connectivity index (χ1v) is 12.0. The topological polar surface area (TPSA) is 69.7 Å². The molecule has 0 saturated heterocycles. The van der Waals surface area contributed by atoms with Gasteiger partial charge >= 0.3 is 11.9 Å². The molecule has 0 amide bonds. The molecular weight excluding hydrogens is 454 g/mol. The van der Waals surface area contributed by atoms with Crippen molar-refractivity contribution in [1.82, 2.24) is 0 Å². The van der Waals surface area contributed by atoms with Crippen LogP contribution in [0.2, 0.25) is 0 Å². The third kappa shape index (κ3) is 2.90. The number of hydrogen-bond donors (Lipinski definition) is 0. The van der Waals surface area contributed by atoms with Crippen LogP contribution in [0.25, 0.3) is 0 Å². The molecule has 0 spiro atoms. The summed E-state index contributed by atoms with van der Waals surface area (Å²) in [4.78, 5) is 36.4. The van der Waals surface area contributed by atoms with Gasteiger partial charge in [-0.25, -0.2) is 13.6 Å². The number of ether oxygens (including phenoxy) is 2. The van der Waals surface area contributed by atoms with Crippen molar-refractivity contribution >= 4 is 29.3 Å². The number of rotatable bonds is 3. The molecule has 0 aromatic carbocycles. The normalized spacial score (nSPS) is 46.4. The Kier molecular flexibility index (Phi) is 5.63. The lowest BCUT2D eigenvalue weighted by Gasteiger charge is -2.62. The van der Waals surface area contributed by atoms with Gasteiger partial charge in [0.1, 0.15) is 6.17 Å². The molecule has 3 saturated carbocycles. The van der Waals surface area contributed by atoms with Crippen LogP contribution < -0.4 is 0 Å². The van der Waals surface area contributed by atoms with Crippen molar-refractivity contribution in [2.75, 3.05) is 6.61 Å². The van der Waals surface area contributed by atoms with Crippen molar-refractivity contribution in [1.29, 1.82) is 0 Å². The van der Waals surface area contributed by atoms with Gasteiger partial charge in [0.05, 0.1) is 11.5 Å². The number of allylic oxidation sites excluding steroid dienone is 4. The van der Waals surface area contributed by atoms with E-state index in [1.54, 1.807) is 19.9 Å². The van der Waals surface area contributed by atoms with Gasteiger partial charge in [-0.1, -0.05) is 26.8 Å². The standard InChI is InChI=1S/C25H31ClF2O5/c1-6-32-21(31)25(33-14(3)29)13(2)11-15-16-12-17(27)19-20(28)18(30)7-8-23(19,5)24(16,26)10-9-22(15,25)4/h7-8,13,15-17H,6,9-12H2,1-5H3/t13-,15+,16+,17+,22+,23+,24-,25+/m1/s1. The van der Waals surface area contributed by atoms with Crippen LogP contribution in [0, 0.1) is 28.6 Å². The zero-order chi connectivity index (χ0) is 24.6. The highest BCUT2D eigenvalue weighted by Gasteiger charge is 2.76. The lowest BCUT2D eigenvalue weighted by atomic mass is 9.46. The van der Waals surface area contributed by atoms with Gasteiger partial charge in [-0.05, 0) is 50.5 Å². The lowest BCUT2D eigenvalue weighted by Crippen LogP contribution is -2.65. The minimum Gasteiger partial charge on any atom is -0.463 e. The summed E-state index contributed by atoms with van der Waals surface area (Å²) in [6.07, 6.45) is 2.17. The van der Waals surface area contributed by atoms with Gasteiger partial charge in [-0.2, -0.15) is 0 Å². The number of carbonyl (C=O) groups excluding carboxylic acids is 3. The van der Waals surface area contributed by atoms with Crippen LogP contribution in [0.4, 0.5) is 8.78 Å². The largest absolute Gasteiger partial charge is 0.463 e. The van der Waals surface area contributed by atoms with E-state index < -0.39 is 56.9 Å². The van der Waals surface area contributed by atoms with Crippen LogP contribution in [-0.2, 0) is 23.9 Å². The monoisotopic (exact) mass is 484 g/mol. The Hall–Kier alpha value is -1.76. The summed E-state index contributed by atoms with van der Waals surface area (Å²) >= 11 is 7.33. The molecule has 5 nitrogen and oxygen atoms in total. The summed E-state index contributed by atoms with van der Waals surface area (Å²) in [7, 11) is 0. The second-order valence-electron chi connectivity index (χ2n) is 10.5. The average Bonchev–Trinajstić information content (AvgIpc) is 2.95. The molecule has 0 heterocycles. The fourth-order valence-electron chi connectivity index (χ4n) is 7.66. The summed E-state index contributed by atoms with van der Waals surface area (Å²) in [6, 6.07) is 0. The molecule has 0 N–H and O–H groups in total. The first-order valence-electron chi connectivity index (χ1n) is 11.6. The summed E-state index contributed by atoms with van der Waals surface area (Å²) < 4.78 is 41.7. The highest BCUT2D eigenvalue weighted by atomic mass is 35.5. The fraction of sp³-hybridized carbons (Fsp3) is 0.720. The maximum absolute atomic E-state index is 15.6. The Balaban J connectivity index is 1.85. The molecular formula is C25H31ClF2O5. The van der Waals surface area contributed by atoms with E-state index in [9.17, 15) is 18.8 Å². The summed E-state index contributed by atoms with van der Waals surface area (Å²) in [5.41, 5.74) is -3.70. The third-order valence-corrected chi connectivity index (χ3v) is 10.0. The maximum atomic E-state index is 15.6. The van der Waals surface area contributed by atoms with Gasteiger partial charge in [0.25, 0.3) is 0 Å². The van der Waals surface area contributed by atoms with Crippen LogP contribution in [0.15, 0.2) is 23.6 Å². The molecule has 0 unspecified atom stereocenters. The van der Waals surface area contributed by atoms with Gasteiger partial charge in [-0.15, -0.1) is 11.6 Å². The highest BCUT2D eigenvalue weighted by Crippen LogP contribution is 2.72. The molecule has 4 aliphatic carbocycles. The molecule has 182 valence electrons. The SMILES string of the molecule is CCOC(=O)[C@@]1(OC(C)=O)[C@H](C)C[C@H]2[C@@H]3C[C@H](F)C4=C(F)C(=O)C=C[C@]4(C)[C@@]3(Cl)CC[C@@]21C. The third-order valence-electron chi connectivity index (χ3n) is 9.15. The zero-order valence-corrected chi connectivity index (χ0v) is 20.4. The summed E-state index contributed by atoms with van der Waals surface area (Å²) in [5.74, 6) is -4.14. The van der Waals surface area contributed by atoms with Crippen molar-refractivity contribution < 1.29 is 32.6 Å². The number of carbonyl (C=O) groups is 3. The summed E-state index contributed by atoms with van der Waals surface area (Å²) in [6.45, 7) is 8.54. The molecule has 8 heteroatoms. The number of fused-ring (bicyclic) bond motifs is 5. The molecule has 8 atom stereocenters. The van der Waals surface area contributed by atoms with E-state index >= 15 is 4.39 Å². The van der Waals surface area contributed by atoms with Crippen molar-refractivity contribution in [2.24, 2.45) is 28.6 Å². The fourth-order valence-corrected chi connectivity index (χ4v) is 8.16. The van der Waals surface area contributed by atoms with E-state index in [4.69, 9.17) is 21.1 Å². The van der Waals surface area contributed by atoms with E-state index in [0.717, 1.165) is 6.08 Å². The van der Waals surface area contributed by atoms with Crippen LogP contribution in [-0.4, -0.2) is 41.0 Å². The van der Waals surface area contributed by atoms with Crippen molar-refractivity contribution in [3.8, 4) is 0 Å². The Bertz CT molecular complexity index is 978. The minimum atomic E-state index is -1.68. The number of esters is 2. The molecule has 33 heavy (non-hydrogen) atoms. The lowest BCUT2D eigenvalue weighted by molar-refractivity contribution is -0.209. The molecule has 0 aromatic rings. The minimum absolute atomic E-state index is 0.0606. The second-order valence-corrected chi connectivity index (χ2v) is 11.2. The number of halogens is 3. The van der Waals surface area contributed by atoms with Crippen LogP contribution >= 0.6 is 11.6 Å². The molecule has 4 rings (SSSR count). The van der Waals surface area contributed by atoms with Crippen molar-refractivity contribution in [3.05, 3.63) is 23.6 Å². The van der Waals surface area contributed by atoms with Gasteiger partial charge < -0.3 is 9.47 Å². The highest BCUT2D eigenvalue weighted by molar-refractivity contribution is 6.25. The number of hydrogen-bond acceptors (Lipinski definition) is 5. The Morgan fingerprint density at radius 1 is 1.21 bits per heavy atom. The number of alkyl halides is 2. The zero-order valence-electron chi connectivity index (χ0n) is 19.7. The van der Waals surface area contributed by atoms with Crippen LogP contribution in [0.5, 0.6) is 0 Å². The van der Waals surface area contributed by atoms with Crippen LogP contribution in [0.3, 0.4) is 0 Å². The van der Waals surface area contributed by atoms with Crippen molar-refractivity contribution in [2.45, 2.75) is 76.9 Å². The van der Waals surface area contributed by atoms with E-state index in [-0.39, 0.29) is 30.4 Å². The maximum Gasteiger partial charge on any atom is 0.351 e. The van der Waals surface area contributed by atoms with Gasteiger partial charge in [-0.3, -0.25) is 9.59 Å². The smallest absolute Gasteiger partial charge is 0.351 e. The molecule has 0 aliphatic heterocycles. The molecule has 4 aliphatic rings. The van der Waals surface area contributed by atoms with E-state index in [1.165, 1.54) is 6.92 Å². The summed E-state index contributed by atoms with van der Waals surface area (Å²) in [5, 5.41) is 0. The Morgan fingerprint density at radius 2 is 1.88 bits per heavy atom.